The van der Waals surface area contributed by atoms with Crippen molar-refractivity contribution >= 4 is 37.2 Å². The maximum Gasteiger partial charge on any atom is 0.0707 e. The molecular weight excluding hydrogens is 280 g/mol. The molecule has 1 aliphatic carbocycles. The first kappa shape index (κ1) is 20.1. The molecule has 17 heavy (non-hydrogen) atoms. The molecule has 0 radical (unpaired) electrons. The topological polar surface area (TPSA) is 21.3 Å². The van der Waals surface area contributed by atoms with Crippen molar-refractivity contribution in [3.8, 4) is 0 Å². The lowest BCUT2D eigenvalue weighted by atomic mass is 9.72. The minimum absolute atomic E-state index is 0. The average molecular weight is 307 g/mol. The van der Waals surface area contributed by atoms with Gasteiger partial charge in [0.05, 0.1) is 5.60 Å². The molecule has 2 nitrogen and oxygen atoms in total. The molecule has 5 heteroatoms. The Balaban J connectivity index is 0. The van der Waals surface area contributed by atoms with Crippen molar-refractivity contribution in [3.05, 3.63) is 0 Å². The highest BCUT2D eigenvalue weighted by atomic mass is 35.5. The van der Waals surface area contributed by atoms with Gasteiger partial charge in [0.1, 0.15) is 0 Å². The molecule has 1 N–H and O–H groups in total. The van der Waals surface area contributed by atoms with E-state index in [1.807, 2.05) is 7.11 Å². The lowest BCUT2D eigenvalue weighted by molar-refractivity contribution is -0.0918. The van der Waals surface area contributed by atoms with Crippen molar-refractivity contribution in [2.24, 2.45) is 5.92 Å². The Labute approximate surface area is 124 Å². The highest BCUT2D eigenvalue weighted by molar-refractivity contribution is 5.86. The summed E-state index contributed by atoms with van der Waals surface area (Å²) < 4.78 is 5.89. The third kappa shape index (κ3) is 4.76. The summed E-state index contributed by atoms with van der Waals surface area (Å²) in [6.07, 6.45) is 9.38. The van der Waals surface area contributed by atoms with E-state index in [2.05, 4.69) is 5.32 Å². The number of halogens is 3. The number of ether oxygens (including phenoxy) is 1. The number of rotatable bonds is 2. The largest absolute Gasteiger partial charge is 0.378 e. The molecule has 1 saturated carbocycles. The second-order valence-corrected chi connectivity index (χ2v) is 4.85. The number of piperidine rings is 1. The van der Waals surface area contributed by atoms with Gasteiger partial charge in [-0.05, 0) is 44.7 Å². The van der Waals surface area contributed by atoms with E-state index in [4.69, 9.17) is 4.74 Å². The van der Waals surface area contributed by atoms with Crippen molar-refractivity contribution in [2.75, 3.05) is 20.2 Å². The van der Waals surface area contributed by atoms with Crippen LogP contribution < -0.4 is 5.32 Å². The Hall–Kier alpha value is 0.790. The predicted octanol–water partition coefficient (Wildman–Crippen LogP) is 3.60. The van der Waals surface area contributed by atoms with Crippen LogP contribution in [-0.2, 0) is 4.74 Å². The van der Waals surface area contributed by atoms with E-state index in [0.717, 1.165) is 5.92 Å². The van der Waals surface area contributed by atoms with Crippen LogP contribution in [-0.4, -0.2) is 25.8 Å². The Morgan fingerprint density at radius 1 is 0.941 bits per heavy atom. The van der Waals surface area contributed by atoms with E-state index in [0.29, 0.717) is 0 Å². The first-order chi connectivity index (χ1) is 6.87. The van der Waals surface area contributed by atoms with Gasteiger partial charge >= 0.3 is 0 Å². The lowest BCUT2D eigenvalue weighted by Crippen LogP contribution is -2.46. The molecule has 0 aromatic heterocycles. The fraction of sp³-hybridized carbons (Fsp3) is 1.00. The van der Waals surface area contributed by atoms with Gasteiger partial charge in [-0.25, -0.2) is 0 Å². The van der Waals surface area contributed by atoms with Gasteiger partial charge in [-0.1, -0.05) is 19.3 Å². The van der Waals surface area contributed by atoms with Crippen molar-refractivity contribution in [1.29, 1.82) is 0 Å². The van der Waals surface area contributed by atoms with E-state index in [9.17, 15) is 0 Å². The van der Waals surface area contributed by atoms with Crippen molar-refractivity contribution in [1.82, 2.24) is 5.32 Å². The van der Waals surface area contributed by atoms with Crippen LogP contribution in [0.3, 0.4) is 0 Å². The van der Waals surface area contributed by atoms with Gasteiger partial charge in [0, 0.05) is 7.11 Å². The third-order valence-corrected chi connectivity index (χ3v) is 4.19. The van der Waals surface area contributed by atoms with Crippen LogP contribution in [0.5, 0.6) is 0 Å². The number of nitrogens with one attached hydrogen (secondary N) is 1. The highest BCUT2D eigenvalue weighted by Crippen LogP contribution is 2.40. The van der Waals surface area contributed by atoms with Crippen LogP contribution in [0.1, 0.15) is 44.9 Å². The Morgan fingerprint density at radius 3 is 1.94 bits per heavy atom. The molecule has 0 amide bonds. The van der Waals surface area contributed by atoms with Crippen LogP contribution in [0.4, 0.5) is 0 Å². The summed E-state index contributed by atoms with van der Waals surface area (Å²) in [7, 11) is 1.92. The van der Waals surface area contributed by atoms with E-state index in [1.54, 1.807) is 0 Å². The third-order valence-electron chi connectivity index (χ3n) is 4.19. The van der Waals surface area contributed by atoms with E-state index >= 15 is 0 Å². The average Bonchev–Trinajstić information content (AvgIpc) is 2.31. The summed E-state index contributed by atoms with van der Waals surface area (Å²) in [5.41, 5.74) is 0.250. The standard InChI is InChI=1S/C12H23NO.3ClH/c1-14-12(7-3-2-4-8-12)11-5-9-13-10-6-11;;;/h11,13H,2-10H2,1H3;3*1H. The highest BCUT2D eigenvalue weighted by Gasteiger charge is 2.39. The molecule has 1 heterocycles. The first-order valence-corrected chi connectivity index (χ1v) is 6.13. The van der Waals surface area contributed by atoms with E-state index < -0.39 is 0 Å². The van der Waals surface area contributed by atoms with Crippen LogP contribution >= 0.6 is 37.2 Å². The van der Waals surface area contributed by atoms with Crippen LogP contribution in [0, 0.1) is 5.92 Å². The number of hydrogen-bond donors (Lipinski definition) is 1. The molecule has 2 fully saturated rings. The summed E-state index contributed by atoms with van der Waals surface area (Å²) in [5, 5.41) is 3.44. The smallest absolute Gasteiger partial charge is 0.0707 e. The van der Waals surface area contributed by atoms with Gasteiger partial charge in [0.2, 0.25) is 0 Å². The zero-order valence-corrected chi connectivity index (χ0v) is 13.0. The fourth-order valence-corrected chi connectivity index (χ4v) is 3.28. The van der Waals surface area contributed by atoms with Gasteiger partial charge in [-0.15, -0.1) is 37.2 Å². The van der Waals surface area contributed by atoms with Crippen LogP contribution in [0.15, 0.2) is 0 Å². The quantitative estimate of drug-likeness (QED) is 0.841. The first-order valence-electron chi connectivity index (χ1n) is 6.13. The molecule has 2 aliphatic rings. The fourth-order valence-electron chi connectivity index (χ4n) is 3.28. The number of methoxy groups -OCH3 is 1. The second kappa shape index (κ2) is 9.69. The van der Waals surface area contributed by atoms with Crippen molar-refractivity contribution < 1.29 is 4.74 Å². The van der Waals surface area contributed by atoms with Gasteiger partial charge in [0.15, 0.2) is 0 Å². The Kier molecular flexibility index (Phi) is 11.5. The normalized spacial score (nSPS) is 23.8. The van der Waals surface area contributed by atoms with Gasteiger partial charge in [0.25, 0.3) is 0 Å². The Morgan fingerprint density at radius 2 is 1.47 bits per heavy atom. The number of hydrogen-bond acceptors (Lipinski definition) is 2. The van der Waals surface area contributed by atoms with Gasteiger partial charge in [-0.2, -0.15) is 0 Å². The van der Waals surface area contributed by atoms with Crippen molar-refractivity contribution in [3.63, 3.8) is 0 Å². The molecule has 0 atom stereocenters. The van der Waals surface area contributed by atoms with Crippen LogP contribution in [0.25, 0.3) is 0 Å². The maximum atomic E-state index is 5.89. The maximum absolute atomic E-state index is 5.89. The molecule has 2 rings (SSSR count). The van der Waals surface area contributed by atoms with Crippen molar-refractivity contribution in [2.45, 2.75) is 50.5 Å². The molecule has 0 unspecified atom stereocenters. The SMILES string of the molecule is COC1(C2CCNCC2)CCCCC1.Cl.Cl.Cl. The molecule has 0 aromatic rings. The molecule has 1 saturated heterocycles. The van der Waals surface area contributed by atoms with Gasteiger partial charge < -0.3 is 10.1 Å². The predicted molar refractivity (Wildman–Crippen MR) is 80.2 cm³/mol. The minimum Gasteiger partial charge on any atom is -0.378 e. The van der Waals surface area contributed by atoms with Gasteiger partial charge in [-0.3, -0.25) is 0 Å². The zero-order chi connectivity index (χ0) is 9.86. The monoisotopic (exact) mass is 305 g/mol. The lowest BCUT2D eigenvalue weighted by Gasteiger charge is -2.44. The molecule has 0 aromatic carbocycles. The molecule has 0 spiro atoms. The summed E-state index contributed by atoms with van der Waals surface area (Å²) >= 11 is 0. The summed E-state index contributed by atoms with van der Waals surface area (Å²) in [6.45, 7) is 2.38. The zero-order valence-electron chi connectivity index (χ0n) is 10.6. The summed E-state index contributed by atoms with van der Waals surface area (Å²) in [5.74, 6) is 0.814. The molecular formula is C12H26Cl3NO. The Bertz CT molecular complexity index is 181. The minimum atomic E-state index is 0. The van der Waals surface area contributed by atoms with E-state index in [1.165, 1.54) is 58.0 Å². The van der Waals surface area contributed by atoms with E-state index in [-0.39, 0.29) is 42.8 Å². The molecule has 0 bridgehead atoms. The molecule has 106 valence electrons. The second-order valence-electron chi connectivity index (χ2n) is 4.85. The summed E-state index contributed by atoms with van der Waals surface area (Å²) in [4.78, 5) is 0. The molecule has 1 aliphatic heterocycles. The summed E-state index contributed by atoms with van der Waals surface area (Å²) in [6, 6.07) is 0. The van der Waals surface area contributed by atoms with Crippen LogP contribution in [0.2, 0.25) is 0 Å².